The van der Waals surface area contributed by atoms with Crippen LogP contribution in [0.5, 0.6) is 23.0 Å². The first-order valence-electron chi connectivity index (χ1n) is 13.7. The van der Waals surface area contributed by atoms with Gasteiger partial charge in [-0.3, -0.25) is 19.1 Å². The number of ether oxygens (including phenoxy) is 3. The van der Waals surface area contributed by atoms with E-state index in [1.165, 1.54) is 55.4 Å². The van der Waals surface area contributed by atoms with E-state index in [1.54, 1.807) is 18.2 Å². The van der Waals surface area contributed by atoms with Crippen molar-refractivity contribution in [1.29, 1.82) is 0 Å². The Labute approximate surface area is 249 Å². The maximum atomic E-state index is 15.2. The first-order chi connectivity index (χ1) is 21.2. The minimum absolute atomic E-state index is 0.0542. The van der Waals surface area contributed by atoms with E-state index in [0.717, 1.165) is 35.6 Å². The van der Waals surface area contributed by atoms with Crippen molar-refractivity contribution < 1.29 is 27.8 Å². The molecule has 2 heterocycles. The van der Waals surface area contributed by atoms with E-state index in [0.29, 0.717) is 34.7 Å². The van der Waals surface area contributed by atoms with Crippen molar-refractivity contribution in [1.82, 2.24) is 14.1 Å². The largest absolute Gasteiger partial charge is 0.493 e. The van der Waals surface area contributed by atoms with Gasteiger partial charge < -0.3 is 19.5 Å². The van der Waals surface area contributed by atoms with Crippen LogP contribution >= 0.6 is 0 Å². The van der Waals surface area contributed by atoms with Gasteiger partial charge in [0.15, 0.2) is 23.1 Å². The molecular formula is C32H26F2N4O6. The topological polar surface area (TPSA) is 114 Å². The fourth-order valence-electron chi connectivity index (χ4n) is 4.80. The van der Waals surface area contributed by atoms with Crippen molar-refractivity contribution >= 4 is 22.5 Å². The van der Waals surface area contributed by atoms with E-state index in [2.05, 4.69) is 10.3 Å². The number of hydrogen-bond acceptors (Lipinski definition) is 7. The number of halogens is 2. The van der Waals surface area contributed by atoms with Crippen LogP contribution in [-0.4, -0.2) is 34.2 Å². The van der Waals surface area contributed by atoms with Crippen LogP contribution in [0.3, 0.4) is 0 Å². The molecule has 6 rings (SSSR count). The van der Waals surface area contributed by atoms with Gasteiger partial charge >= 0.3 is 5.69 Å². The number of rotatable bonds is 9. The van der Waals surface area contributed by atoms with E-state index < -0.39 is 28.8 Å². The third-order valence-electron chi connectivity index (χ3n) is 7.25. The van der Waals surface area contributed by atoms with Crippen LogP contribution in [0.2, 0.25) is 0 Å². The van der Waals surface area contributed by atoms with Crippen LogP contribution in [0, 0.1) is 17.6 Å². The Morgan fingerprint density at radius 3 is 2.34 bits per heavy atom. The number of nitrogens with one attached hydrogen (secondary N) is 1. The summed E-state index contributed by atoms with van der Waals surface area (Å²) in [7, 11) is 3.00. The van der Waals surface area contributed by atoms with E-state index in [4.69, 9.17) is 14.2 Å². The summed E-state index contributed by atoms with van der Waals surface area (Å²) < 4.78 is 47.5. The molecule has 1 saturated carbocycles. The molecule has 5 aromatic rings. The highest BCUT2D eigenvalue weighted by atomic mass is 19.1. The number of anilines is 1. The zero-order valence-corrected chi connectivity index (χ0v) is 23.7. The Bertz CT molecular complexity index is 2020. The molecule has 0 spiro atoms. The first-order valence-corrected chi connectivity index (χ1v) is 13.7. The summed E-state index contributed by atoms with van der Waals surface area (Å²) in [4.78, 5) is 44.1. The fraction of sp³-hybridized carbons (Fsp3) is 0.188. The van der Waals surface area contributed by atoms with Gasteiger partial charge in [0.25, 0.3) is 11.5 Å². The summed E-state index contributed by atoms with van der Waals surface area (Å²) in [5, 5.41) is 3.08. The van der Waals surface area contributed by atoms with E-state index in [9.17, 15) is 18.8 Å². The number of benzene rings is 3. The summed E-state index contributed by atoms with van der Waals surface area (Å²) in [5.41, 5.74) is -1.14. The molecule has 2 aromatic heterocycles. The first kappa shape index (κ1) is 28.6. The van der Waals surface area contributed by atoms with Gasteiger partial charge in [0.05, 0.1) is 25.4 Å². The van der Waals surface area contributed by atoms with Gasteiger partial charge in [-0.15, -0.1) is 0 Å². The number of fused-ring (bicyclic) bond motifs is 1. The second-order valence-electron chi connectivity index (χ2n) is 10.3. The molecule has 1 aliphatic rings. The van der Waals surface area contributed by atoms with Crippen molar-refractivity contribution in [3.05, 3.63) is 111 Å². The van der Waals surface area contributed by atoms with Crippen LogP contribution in [0.1, 0.15) is 23.2 Å². The third-order valence-corrected chi connectivity index (χ3v) is 7.25. The molecule has 1 amide bonds. The number of amides is 1. The molecule has 10 nitrogen and oxygen atoms in total. The second kappa shape index (κ2) is 11.6. The summed E-state index contributed by atoms with van der Waals surface area (Å²) in [5.74, 6) is -0.805. The Morgan fingerprint density at radius 2 is 1.66 bits per heavy atom. The van der Waals surface area contributed by atoms with Crippen LogP contribution in [0.25, 0.3) is 16.6 Å². The Kier molecular flexibility index (Phi) is 7.56. The molecule has 0 saturated heterocycles. The minimum Gasteiger partial charge on any atom is -0.493 e. The maximum Gasteiger partial charge on any atom is 0.335 e. The summed E-state index contributed by atoms with van der Waals surface area (Å²) in [6.07, 6.45) is 4.57. The zero-order chi connectivity index (χ0) is 31.0. The standard InChI is InChI=1S/C32H26F2N4O6/c1-42-28-14-22-25(15-29(28)43-2)35-12-11-26(22)44-27-10-7-20(13-24(27)34)36-30(39)23-17-37(16-18-3-4-18)32(41)38(31(23)40)21-8-5-19(33)6-9-21/h5-15,17-18H,3-4,16H2,1-2H3,(H,36,39). The van der Waals surface area contributed by atoms with Crippen molar-refractivity contribution in [2.24, 2.45) is 5.92 Å². The third kappa shape index (κ3) is 5.61. The SMILES string of the molecule is COc1cc2nccc(Oc3ccc(NC(=O)c4cn(CC5CC5)c(=O)n(-c5ccc(F)cc5)c4=O)cc3F)c2cc1OC. The number of carbonyl (C=O) groups is 1. The molecule has 0 bridgehead atoms. The lowest BCUT2D eigenvalue weighted by Gasteiger charge is -2.14. The Hall–Kier alpha value is -5.52. The predicted octanol–water partition coefficient (Wildman–Crippen LogP) is 5.30. The number of methoxy groups -OCH3 is 2. The fourth-order valence-corrected chi connectivity index (χ4v) is 4.80. The molecular weight excluding hydrogens is 574 g/mol. The van der Waals surface area contributed by atoms with Crippen molar-refractivity contribution in [2.45, 2.75) is 19.4 Å². The number of hydrogen-bond donors (Lipinski definition) is 1. The molecule has 0 atom stereocenters. The van der Waals surface area contributed by atoms with Gasteiger partial charge in [-0.2, -0.15) is 0 Å². The number of aromatic nitrogens is 3. The van der Waals surface area contributed by atoms with Gasteiger partial charge in [0.2, 0.25) is 0 Å². The molecule has 44 heavy (non-hydrogen) atoms. The lowest BCUT2D eigenvalue weighted by molar-refractivity contribution is 0.102. The quantitative estimate of drug-likeness (QED) is 0.244. The molecule has 0 radical (unpaired) electrons. The molecule has 0 aliphatic heterocycles. The van der Waals surface area contributed by atoms with Crippen LogP contribution in [0.4, 0.5) is 14.5 Å². The summed E-state index contributed by atoms with van der Waals surface area (Å²) >= 11 is 0. The number of carbonyl (C=O) groups excluding carboxylic acids is 1. The van der Waals surface area contributed by atoms with Crippen molar-refractivity contribution in [2.75, 3.05) is 19.5 Å². The lowest BCUT2D eigenvalue weighted by atomic mass is 10.1. The molecule has 1 aliphatic carbocycles. The van der Waals surface area contributed by atoms with Gasteiger partial charge in [0.1, 0.15) is 17.1 Å². The monoisotopic (exact) mass is 600 g/mol. The zero-order valence-electron chi connectivity index (χ0n) is 23.7. The highest BCUT2D eigenvalue weighted by Crippen LogP contribution is 2.37. The van der Waals surface area contributed by atoms with E-state index in [-0.39, 0.29) is 28.6 Å². The number of nitrogens with zero attached hydrogens (tertiary/aromatic N) is 3. The van der Waals surface area contributed by atoms with Crippen LogP contribution < -0.4 is 30.8 Å². The normalized spacial score (nSPS) is 12.6. The Balaban J connectivity index is 1.29. The van der Waals surface area contributed by atoms with Crippen molar-refractivity contribution in [3.8, 4) is 28.7 Å². The van der Waals surface area contributed by atoms with Gasteiger partial charge in [0, 0.05) is 42.1 Å². The molecule has 3 aromatic carbocycles. The highest BCUT2D eigenvalue weighted by Gasteiger charge is 2.25. The molecule has 0 unspecified atom stereocenters. The lowest BCUT2D eigenvalue weighted by Crippen LogP contribution is -2.42. The van der Waals surface area contributed by atoms with Crippen molar-refractivity contribution in [3.63, 3.8) is 0 Å². The average molecular weight is 601 g/mol. The summed E-state index contributed by atoms with van der Waals surface area (Å²) in [6, 6.07) is 13.5. The van der Waals surface area contributed by atoms with Gasteiger partial charge in [-0.25, -0.2) is 18.1 Å². The smallest absolute Gasteiger partial charge is 0.335 e. The van der Waals surface area contributed by atoms with Gasteiger partial charge in [-0.05, 0) is 67.3 Å². The maximum absolute atomic E-state index is 15.2. The predicted molar refractivity (Wildman–Crippen MR) is 158 cm³/mol. The van der Waals surface area contributed by atoms with Crippen LogP contribution in [-0.2, 0) is 6.54 Å². The highest BCUT2D eigenvalue weighted by molar-refractivity contribution is 6.04. The minimum atomic E-state index is -0.886. The number of pyridine rings is 1. The molecule has 1 fully saturated rings. The van der Waals surface area contributed by atoms with Crippen LogP contribution in [0.15, 0.2) is 82.6 Å². The second-order valence-corrected chi connectivity index (χ2v) is 10.3. The van der Waals surface area contributed by atoms with E-state index in [1.807, 2.05) is 0 Å². The average Bonchev–Trinajstić information content (AvgIpc) is 3.84. The molecule has 12 heteroatoms. The molecule has 224 valence electrons. The molecule has 1 N–H and O–H groups in total. The summed E-state index contributed by atoms with van der Waals surface area (Å²) in [6.45, 7) is 0.323. The van der Waals surface area contributed by atoms with Gasteiger partial charge in [-0.1, -0.05) is 0 Å². The van der Waals surface area contributed by atoms with E-state index >= 15 is 4.39 Å². The Morgan fingerprint density at radius 1 is 0.932 bits per heavy atom.